The maximum atomic E-state index is 11.3. The molecule has 0 atom stereocenters. The van der Waals surface area contributed by atoms with Gasteiger partial charge in [0, 0.05) is 20.5 Å². The fourth-order valence-corrected chi connectivity index (χ4v) is 9.36. The predicted molar refractivity (Wildman–Crippen MR) is 181 cm³/mol. The number of hydrogen-bond donors (Lipinski definition) is 0. The molecule has 1 aromatic carbocycles. The van der Waals surface area contributed by atoms with Gasteiger partial charge in [0.15, 0.2) is 6.29 Å². The van der Waals surface area contributed by atoms with Crippen LogP contribution in [-0.4, -0.2) is 16.3 Å². The Morgan fingerprint density at radius 3 is 1.80 bits per heavy atom. The van der Waals surface area contributed by atoms with Crippen molar-refractivity contribution in [1.29, 1.82) is 0 Å². The van der Waals surface area contributed by atoms with E-state index in [0.717, 1.165) is 43.7 Å². The second kappa shape index (κ2) is 14.5. The summed E-state index contributed by atoms with van der Waals surface area (Å²) in [5.74, 6) is 0. The normalized spacial score (nSPS) is 11.9. The van der Waals surface area contributed by atoms with Crippen molar-refractivity contribution in [2.45, 2.75) is 104 Å². The van der Waals surface area contributed by atoms with Gasteiger partial charge in [-0.1, -0.05) is 78.1 Å². The van der Waals surface area contributed by atoms with Crippen molar-refractivity contribution in [3.05, 3.63) is 44.3 Å². The van der Waals surface area contributed by atoms with Crippen molar-refractivity contribution < 1.29 is 4.79 Å². The first-order chi connectivity index (χ1) is 19.6. The van der Waals surface area contributed by atoms with Crippen LogP contribution in [0.1, 0.15) is 112 Å². The van der Waals surface area contributed by atoms with Gasteiger partial charge in [-0.15, -0.1) is 34.0 Å². The van der Waals surface area contributed by atoms with Gasteiger partial charge in [0.25, 0.3) is 0 Å². The molecule has 0 aliphatic carbocycles. The van der Waals surface area contributed by atoms with Crippen molar-refractivity contribution in [1.82, 2.24) is 9.97 Å². The van der Waals surface area contributed by atoms with Gasteiger partial charge in [-0.2, -0.15) is 0 Å². The highest BCUT2D eigenvalue weighted by Crippen LogP contribution is 2.46. The summed E-state index contributed by atoms with van der Waals surface area (Å²) >= 11 is 8.92. The lowest BCUT2D eigenvalue weighted by atomic mass is 10.0. The lowest BCUT2D eigenvalue weighted by Gasteiger charge is -2.12. The number of aromatic nitrogens is 2. The number of fused-ring (bicyclic) bond motifs is 6. The highest BCUT2D eigenvalue weighted by molar-refractivity contribution is 9.11. The summed E-state index contributed by atoms with van der Waals surface area (Å²) < 4.78 is 3.68. The lowest BCUT2D eigenvalue weighted by Crippen LogP contribution is -2.04. The molecule has 0 aliphatic heterocycles. The quantitative estimate of drug-likeness (QED) is 0.0785. The van der Waals surface area contributed by atoms with E-state index in [-0.39, 0.29) is 0 Å². The third-order valence-corrected chi connectivity index (χ3v) is 11.9. The van der Waals surface area contributed by atoms with Crippen LogP contribution in [0.3, 0.4) is 0 Å². The molecule has 0 saturated heterocycles. The molecular weight excluding hydrogens is 616 g/mol. The summed E-state index contributed by atoms with van der Waals surface area (Å²) in [6, 6.07) is 8.50. The highest BCUT2D eigenvalue weighted by atomic mass is 79.9. The molecule has 0 saturated carbocycles. The lowest BCUT2D eigenvalue weighted by molar-refractivity contribution is 0.112. The number of aryl methyl sites for hydroxylation is 2. The molecule has 0 N–H and O–H groups in total. The molecule has 0 radical (unpaired) electrons. The number of halogens is 1. The second-order valence-corrected chi connectivity index (χ2v) is 15.4. The highest BCUT2D eigenvalue weighted by Gasteiger charge is 2.20. The van der Waals surface area contributed by atoms with Gasteiger partial charge in [0.05, 0.1) is 40.5 Å². The summed E-state index contributed by atoms with van der Waals surface area (Å²) in [5.41, 5.74) is 4.50. The number of carbonyl (C=O) groups is 1. The summed E-state index contributed by atoms with van der Waals surface area (Å²) in [5, 5.41) is 2.40. The van der Waals surface area contributed by atoms with Crippen LogP contribution in [0.2, 0.25) is 0 Å². The zero-order chi connectivity index (χ0) is 27.9. The van der Waals surface area contributed by atoms with Crippen LogP contribution < -0.4 is 0 Å². The van der Waals surface area contributed by atoms with E-state index in [1.54, 1.807) is 22.7 Å². The number of carbonyl (C=O) groups excluding carboxylic acids is 1. The molecule has 7 heteroatoms. The molecule has 3 nitrogen and oxygen atoms in total. The van der Waals surface area contributed by atoms with E-state index in [2.05, 4.69) is 48.0 Å². The zero-order valence-electron chi connectivity index (χ0n) is 23.7. The molecular formula is C33H39BrN2OS3. The average molecular weight is 656 g/mol. The first-order valence-corrected chi connectivity index (χ1v) is 18.3. The maximum absolute atomic E-state index is 11.3. The van der Waals surface area contributed by atoms with E-state index in [9.17, 15) is 4.79 Å². The minimum Gasteiger partial charge on any atom is -0.297 e. The fourth-order valence-electron chi connectivity index (χ4n) is 5.54. The van der Waals surface area contributed by atoms with Gasteiger partial charge >= 0.3 is 0 Å². The number of thiophene rings is 3. The molecule has 212 valence electrons. The molecule has 4 heterocycles. The van der Waals surface area contributed by atoms with E-state index in [0.29, 0.717) is 0 Å². The van der Waals surface area contributed by atoms with E-state index < -0.39 is 0 Å². The van der Waals surface area contributed by atoms with Crippen LogP contribution in [0.25, 0.3) is 41.0 Å². The fraction of sp³-hybridized carbons (Fsp3) is 0.485. The summed E-state index contributed by atoms with van der Waals surface area (Å²) in [7, 11) is 0. The molecule has 0 aliphatic rings. The van der Waals surface area contributed by atoms with Crippen molar-refractivity contribution in [3.8, 4) is 9.75 Å². The Morgan fingerprint density at radius 2 is 1.23 bits per heavy atom. The zero-order valence-corrected chi connectivity index (χ0v) is 27.7. The maximum Gasteiger partial charge on any atom is 0.160 e. The summed E-state index contributed by atoms with van der Waals surface area (Å²) in [6.45, 7) is 4.55. The Kier molecular flexibility index (Phi) is 10.8. The van der Waals surface area contributed by atoms with Gasteiger partial charge in [-0.3, -0.25) is 4.79 Å². The molecule has 0 amide bonds. The molecule has 0 unspecified atom stereocenters. The number of hydrogen-bond acceptors (Lipinski definition) is 6. The first-order valence-electron chi connectivity index (χ1n) is 15.0. The van der Waals surface area contributed by atoms with Gasteiger partial charge in [-0.25, -0.2) is 9.97 Å². The molecule has 40 heavy (non-hydrogen) atoms. The Hall–Kier alpha value is -1.67. The SMILES string of the molecule is CCCCCCCCc1nc2c3cc(Br)sc3c3sc(-c4ccc(C=O)s4)cc3c2nc1CCCCCCCC. The third-order valence-electron chi connectivity index (χ3n) is 7.72. The minimum absolute atomic E-state index is 0.765. The summed E-state index contributed by atoms with van der Waals surface area (Å²) in [4.78, 5) is 25.3. The van der Waals surface area contributed by atoms with Crippen LogP contribution in [0.4, 0.5) is 0 Å². The number of benzene rings is 1. The van der Waals surface area contributed by atoms with E-state index >= 15 is 0 Å². The standard InChI is InChI=1S/C33H39BrN2OS3/c1-3-5-7-9-11-13-15-25-26(16-14-12-10-8-6-4-2)36-31-24-20-29(34)40-33(24)32-23(30(31)35-25)19-28(39-32)27-18-17-22(21-37)38-27/h17-21H,3-16H2,1-2H3. The monoisotopic (exact) mass is 654 g/mol. The second-order valence-electron chi connectivity index (χ2n) is 10.8. The van der Waals surface area contributed by atoms with E-state index in [1.807, 2.05) is 17.4 Å². The van der Waals surface area contributed by atoms with Gasteiger partial charge in [0.1, 0.15) is 0 Å². The van der Waals surface area contributed by atoms with Crippen molar-refractivity contribution >= 4 is 87.4 Å². The molecule has 5 aromatic rings. The number of aldehydes is 1. The third kappa shape index (κ3) is 6.86. The van der Waals surface area contributed by atoms with Crippen LogP contribution in [0.5, 0.6) is 0 Å². The van der Waals surface area contributed by atoms with Crippen molar-refractivity contribution in [2.75, 3.05) is 0 Å². The topological polar surface area (TPSA) is 42.9 Å². The summed E-state index contributed by atoms with van der Waals surface area (Å²) in [6.07, 6.45) is 18.4. The van der Waals surface area contributed by atoms with Crippen LogP contribution in [-0.2, 0) is 12.8 Å². The van der Waals surface area contributed by atoms with Gasteiger partial charge in [0.2, 0.25) is 0 Å². The molecule has 0 bridgehead atoms. The van der Waals surface area contributed by atoms with E-state index in [1.165, 1.54) is 113 Å². The predicted octanol–water partition coefficient (Wildman–Crippen LogP) is 12.2. The largest absolute Gasteiger partial charge is 0.297 e. The Morgan fingerprint density at radius 1 is 0.675 bits per heavy atom. The van der Waals surface area contributed by atoms with Crippen molar-refractivity contribution in [2.24, 2.45) is 0 Å². The number of unbranched alkanes of at least 4 members (excludes halogenated alkanes) is 10. The molecule has 0 fully saturated rings. The smallest absolute Gasteiger partial charge is 0.160 e. The van der Waals surface area contributed by atoms with Gasteiger partial charge < -0.3 is 0 Å². The first kappa shape index (κ1) is 29.8. The Bertz CT molecular complexity index is 1580. The van der Waals surface area contributed by atoms with Crippen molar-refractivity contribution in [3.63, 3.8) is 0 Å². The molecule has 4 aromatic heterocycles. The number of rotatable bonds is 16. The van der Waals surface area contributed by atoms with Crippen LogP contribution in [0, 0.1) is 0 Å². The van der Waals surface area contributed by atoms with Gasteiger partial charge in [-0.05, 0) is 65.9 Å². The van der Waals surface area contributed by atoms with Crippen LogP contribution in [0.15, 0.2) is 28.1 Å². The number of nitrogens with zero attached hydrogens (tertiary/aromatic N) is 2. The molecule has 0 spiro atoms. The van der Waals surface area contributed by atoms with E-state index in [4.69, 9.17) is 9.97 Å². The van der Waals surface area contributed by atoms with Crippen LogP contribution >= 0.6 is 49.9 Å². The minimum atomic E-state index is 0.765. The Labute approximate surface area is 258 Å². The average Bonchev–Trinajstić information content (AvgIpc) is 3.70. The Balaban J connectivity index is 1.54. The molecule has 5 rings (SSSR count).